The molecule has 0 radical (unpaired) electrons. The standard InChI is InChI=1S/C15H23ClFNO/c1-4-11(3)6-7-12(5-2)10-19-15-14(17)8-13(16)9-18-15/h8-9,11-12H,4-7,10H2,1-3H3. The Morgan fingerprint density at radius 2 is 2.05 bits per heavy atom. The van der Waals surface area contributed by atoms with Crippen LogP contribution < -0.4 is 4.74 Å². The molecule has 4 heteroatoms. The summed E-state index contributed by atoms with van der Waals surface area (Å²) >= 11 is 5.65. The number of hydrogen-bond donors (Lipinski definition) is 0. The van der Waals surface area contributed by atoms with Crippen molar-refractivity contribution in [2.75, 3.05) is 6.61 Å². The first-order valence-electron chi connectivity index (χ1n) is 7.00. The fourth-order valence-corrected chi connectivity index (χ4v) is 1.98. The predicted molar refractivity (Wildman–Crippen MR) is 77.2 cm³/mol. The van der Waals surface area contributed by atoms with E-state index < -0.39 is 5.82 Å². The highest BCUT2D eigenvalue weighted by Gasteiger charge is 2.12. The lowest BCUT2D eigenvalue weighted by Crippen LogP contribution is -2.13. The van der Waals surface area contributed by atoms with E-state index in [4.69, 9.17) is 16.3 Å². The van der Waals surface area contributed by atoms with Gasteiger partial charge < -0.3 is 4.74 Å². The highest BCUT2D eigenvalue weighted by atomic mass is 35.5. The molecular weight excluding hydrogens is 265 g/mol. The van der Waals surface area contributed by atoms with Gasteiger partial charge in [0.15, 0.2) is 5.82 Å². The van der Waals surface area contributed by atoms with Crippen LogP contribution in [0.15, 0.2) is 12.3 Å². The Bertz CT molecular complexity index is 386. The van der Waals surface area contributed by atoms with E-state index >= 15 is 0 Å². The van der Waals surface area contributed by atoms with Gasteiger partial charge in [0, 0.05) is 6.20 Å². The predicted octanol–water partition coefficient (Wildman–Crippen LogP) is 5.11. The molecule has 19 heavy (non-hydrogen) atoms. The molecule has 108 valence electrons. The van der Waals surface area contributed by atoms with Crippen molar-refractivity contribution in [3.63, 3.8) is 0 Å². The minimum Gasteiger partial charge on any atom is -0.475 e. The first kappa shape index (κ1) is 16.2. The molecule has 0 saturated carbocycles. The highest BCUT2D eigenvalue weighted by Crippen LogP contribution is 2.21. The Kier molecular flexibility index (Phi) is 7.14. The van der Waals surface area contributed by atoms with Crippen LogP contribution >= 0.6 is 11.6 Å². The maximum absolute atomic E-state index is 13.5. The van der Waals surface area contributed by atoms with Gasteiger partial charge in [0.1, 0.15) is 0 Å². The van der Waals surface area contributed by atoms with E-state index in [0.717, 1.165) is 18.8 Å². The Morgan fingerprint density at radius 3 is 2.63 bits per heavy atom. The first-order chi connectivity index (χ1) is 9.06. The number of ether oxygens (including phenoxy) is 1. The molecule has 1 aromatic heterocycles. The van der Waals surface area contributed by atoms with Gasteiger partial charge in [-0.05, 0) is 24.3 Å². The molecule has 0 aliphatic heterocycles. The minimum absolute atomic E-state index is 0.0476. The van der Waals surface area contributed by atoms with Gasteiger partial charge in [-0.2, -0.15) is 0 Å². The number of hydrogen-bond acceptors (Lipinski definition) is 2. The van der Waals surface area contributed by atoms with Crippen molar-refractivity contribution in [1.82, 2.24) is 4.98 Å². The van der Waals surface area contributed by atoms with Crippen LogP contribution in [-0.4, -0.2) is 11.6 Å². The second-order valence-electron chi connectivity index (χ2n) is 5.12. The Hall–Kier alpha value is -0.830. The second kappa shape index (κ2) is 8.36. The maximum Gasteiger partial charge on any atom is 0.250 e. The van der Waals surface area contributed by atoms with Gasteiger partial charge in [-0.3, -0.25) is 0 Å². The molecule has 0 fully saturated rings. The van der Waals surface area contributed by atoms with Crippen LogP contribution in [0.3, 0.4) is 0 Å². The molecule has 0 spiro atoms. The topological polar surface area (TPSA) is 22.1 Å². The zero-order valence-electron chi connectivity index (χ0n) is 12.0. The molecule has 1 rings (SSSR count). The minimum atomic E-state index is -0.496. The highest BCUT2D eigenvalue weighted by molar-refractivity contribution is 6.30. The van der Waals surface area contributed by atoms with E-state index in [1.807, 2.05) is 0 Å². The normalized spacial score (nSPS) is 14.2. The van der Waals surface area contributed by atoms with Gasteiger partial charge in [0.05, 0.1) is 11.6 Å². The van der Waals surface area contributed by atoms with Crippen molar-refractivity contribution >= 4 is 11.6 Å². The zero-order chi connectivity index (χ0) is 14.3. The number of pyridine rings is 1. The maximum atomic E-state index is 13.5. The van der Waals surface area contributed by atoms with Crippen molar-refractivity contribution in [1.29, 1.82) is 0 Å². The largest absolute Gasteiger partial charge is 0.475 e. The summed E-state index contributed by atoms with van der Waals surface area (Å²) < 4.78 is 19.0. The van der Waals surface area contributed by atoms with Crippen LogP contribution in [0.2, 0.25) is 5.02 Å². The van der Waals surface area contributed by atoms with Gasteiger partial charge in [0.2, 0.25) is 5.88 Å². The van der Waals surface area contributed by atoms with E-state index in [1.54, 1.807) is 0 Å². The van der Waals surface area contributed by atoms with Crippen LogP contribution in [0.4, 0.5) is 4.39 Å². The van der Waals surface area contributed by atoms with E-state index in [0.29, 0.717) is 12.5 Å². The number of aromatic nitrogens is 1. The fourth-order valence-electron chi connectivity index (χ4n) is 1.83. The van der Waals surface area contributed by atoms with Crippen molar-refractivity contribution in [2.24, 2.45) is 11.8 Å². The van der Waals surface area contributed by atoms with Crippen LogP contribution in [0.5, 0.6) is 5.88 Å². The summed E-state index contributed by atoms with van der Waals surface area (Å²) in [6.07, 6.45) is 5.94. The number of nitrogens with zero attached hydrogens (tertiary/aromatic N) is 1. The van der Waals surface area contributed by atoms with Crippen molar-refractivity contribution < 1.29 is 9.13 Å². The Labute approximate surface area is 120 Å². The van der Waals surface area contributed by atoms with Crippen LogP contribution in [0.1, 0.15) is 46.5 Å². The van der Waals surface area contributed by atoms with Crippen molar-refractivity contribution in [2.45, 2.75) is 46.5 Å². The quantitative estimate of drug-likeness (QED) is 0.663. The second-order valence-corrected chi connectivity index (χ2v) is 5.55. The van der Waals surface area contributed by atoms with Gasteiger partial charge in [0.25, 0.3) is 0 Å². The van der Waals surface area contributed by atoms with Gasteiger partial charge >= 0.3 is 0 Å². The number of halogens is 2. The molecule has 1 aromatic rings. The zero-order valence-corrected chi connectivity index (χ0v) is 12.7. The molecule has 2 nitrogen and oxygen atoms in total. The van der Waals surface area contributed by atoms with Crippen LogP contribution in [0, 0.1) is 17.7 Å². The summed E-state index contributed by atoms with van der Waals surface area (Å²) in [6.45, 7) is 7.11. The molecule has 0 aliphatic carbocycles. The average Bonchev–Trinajstić information content (AvgIpc) is 2.40. The molecule has 0 aliphatic rings. The first-order valence-corrected chi connectivity index (χ1v) is 7.38. The molecule has 0 amide bonds. The molecule has 2 atom stereocenters. The summed E-state index contributed by atoms with van der Waals surface area (Å²) in [6, 6.07) is 1.23. The summed E-state index contributed by atoms with van der Waals surface area (Å²) in [7, 11) is 0. The van der Waals surface area contributed by atoms with Gasteiger partial charge in [-0.25, -0.2) is 9.37 Å². The molecule has 0 bridgehead atoms. The lowest BCUT2D eigenvalue weighted by molar-refractivity contribution is 0.211. The summed E-state index contributed by atoms with van der Waals surface area (Å²) in [5.41, 5.74) is 0. The van der Waals surface area contributed by atoms with E-state index in [-0.39, 0.29) is 10.9 Å². The van der Waals surface area contributed by atoms with Gasteiger partial charge in [-0.15, -0.1) is 0 Å². The molecule has 2 unspecified atom stereocenters. The summed E-state index contributed by atoms with van der Waals surface area (Å²) in [5.74, 6) is 0.737. The smallest absolute Gasteiger partial charge is 0.250 e. The molecule has 1 heterocycles. The van der Waals surface area contributed by atoms with Crippen LogP contribution in [0.25, 0.3) is 0 Å². The fraction of sp³-hybridized carbons (Fsp3) is 0.667. The lowest BCUT2D eigenvalue weighted by atomic mass is 9.94. The molecular formula is C15H23ClFNO. The lowest BCUT2D eigenvalue weighted by Gasteiger charge is -2.17. The van der Waals surface area contributed by atoms with Gasteiger partial charge in [-0.1, -0.05) is 51.6 Å². The molecule has 0 N–H and O–H groups in total. The SMILES string of the molecule is CCC(C)CCC(CC)COc1ncc(Cl)cc1F. The third-order valence-corrected chi connectivity index (χ3v) is 3.78. The Morgan fingerprint density at radius 1 is 1.32 bits per heavy atom. The third kappa shape index (κ3) is 5.77. The van der Waals surface area contributed by atoms with E-state index in [1.165, 1.54) is 25.1 Å². The van der Waals surface area contributed by atoms with Crippen molar-refractivity contribution in [3.05, 3.63) is 23.1 Å². The molecule has 0 aromatic carbocycles. The van der Waals surface area contributed by atoms with E-state index in [2.05, 4.69) is 25.8 Å². The number of rotatable bonds is 8. The Balaban J connectivity index is 2.44. The summed E-state index contributed by atoms with van der Waals surface area (Å²) in [5, 5.41) is 0.286. The van der Waals surface area contributed by atoms with Crippen LogP contribution in [-0.2, 0) is 0 Å². The summed E-state index contributed by atoms with van der Waals surface area (Å²) in [4.78, 5) is 3.87. The monoisotopic (exact) mass is 287 g/mol. The molecule has 0 saturated heterocycles. The average molecular weight is 288 g/mol. The van der Waals surface area contributed by atoms with E-state index in [9.17, 15) is 4.39 Å². The third-order valence-electron chi connectivity index (χ3n) is 3.57. The van der Waals surface area contributed by atoms with Crippen molar-refractivity contribution in [3.8, 4) is 5.88 Å².